The van der Waals surface area contributed by atoms with Crippen molar-refractivity contribution in [3.8, 4) is 0 Å². The summed E-state index contributed by atoms with van der Waals surface area (Å²) in [4.78, 5) is 12.8. The lowest BCUT2D eigenvalue weighted by Crippen LogP contribution is -2.71. The number of aliphatic hydroxyl groups is 1. The molecular weight excluding hydrogens is 338 g/mol. The van der Waals surface area contributed by atoms with Crippen molar-refractivity contribution >= 4 is 5.97 Å². The zero-order valence-corrected chi connectivity index (χ0v) is 17.3. The predicted molar refractivity (Wildman–Crippen MR) is 104 cm³/mol. The molecule has 150 valence electrons. The first kappa shape index (κ1) is 18.2. The van der Waals surface area contributed by atoms with Crippen LogP contribution in [0.2, 0.25) is 0 Å². The van der Waals surface area contributed by atoms with Crippen molar-refractivity contribution in [1.29, 1.82) is 0 Å². The molecule has 0 amide bonds. The van der Waals surface area contributed by atoms with Crippen LogP contribution in [0.25, 0.3) is 0 Å². The smallest absolute Gasteiger partial charge is 0.309 e. The number of aliphatic hydroxyl groups excluding tert-OH is 1. The summed E-state index contributed by atoms with van der Waals surface area (Å²) in [6, 6.07) is 0.279. The number of nitrogens with one attached hydrogen (secondary N) is 1. The van der Waals surface area contributed by atoms with Gasteiger partial charge in [-0.15, -0.1) is 0 Å². The summed E-state index contributed by atoms with van der Waals surface area (Å²) in [6.45, 7) is 8.03. The lowest BCUT2D eigenvalue weighted by molar-refractivity contribution is -0.164. The summed E-state index contributed by atoms with van der Waals surface area (Å²) in [5.41, 5.74) is 3.40. The van der Waals surface area contributed by atoms with E-state index in [1.165, 1.54) is 19.3 Å². The summed E-state index contributed by atoms with van der Waals surface area (Å²) >= 11 is 0. The van der Waals surface area contributed by atoms with Crippen molar-refractivity contribution in [2.45, 2.75) is 71.4 Å². The quantitative estimate of drug-likeness (QED) is 0.576. The Bertz CT molecular complexity index is 700. The van der Waals surface area contributed by atoms with Gasteiger partial charge in [-0.05, 0) is 68.2 Å². The minimum absolute atomic E-state index is 0.00558. The van der Waals surface area contributed by atoms with E-state index in [1.54, 1.807) is 18.3 Å². The number of hydrogen-bond acceptors (Lipinski definition) is 4. The first-order chi connectivity index (χ1) is 12.8. The number of esters is 1. The van der Waals surface area contributed by atoms with E-state index in [4.69, 9.17) is 4.74 Å². The van der Waals surface area contributed by atoms with Crippen LogP contribution in [0.5, 0.6) is 0 Å². The van der Waals surface area contributed by atoms with Gasteiger partial charge in [0.05, 0.1) is 19.1 Å². The molecule has 1 aliphatic heterocycles. The topological polar surface area (TPSA) is 58.6 Å². The normalized spacial score (nSPS) is 50.6. The number of piperidine rings is 1. The van der Waals surface area contributed by atoms with Gasteiger partial charge in [0.25, 0.3) is 0 Å². The monoisotopic (exact) mass is 373 g/mol. The standard InChI is InChI=1S/C23H35NO3/c1-12(2)18-17(25)10-22(3)14-7-5-13-6-8-15-16(21(26)27-4)9-23(22,19(13)15)20(18)24-11-14/h12,14-18,20,24-25H,5-11H2,1-4H3/t14-,15?,16?,17+,18+,20+,22+,23+/m1/s1. The van der Waals surface area contributed by atoms with Gasteiger partial charge in [-0.2, -0.15) is 0 Å². The fourth-order valence-corrected chi connectivity index (χ4v) is 8.61. The number of hydrogen-bond donors (Lipinski definition) is 2. The fraction of sp³-hybridized carbons (Fsp3) is 0.870. The lowest BCUT2D eigenvalue weighted by Gasteiger charge is -2.66. The van der Waals surface area contributed by atoms with Crippen LogP contribution in [-0.4, -0.2) is 36.9 Å². The average molecular weight is 374 g/mol. The van der Waals surface area contributed by atoms with Gasteiger partial charge in [-0.25, -0.2) is 0 Å². The van der Waals surface area contributed by atoms with E-state index in [9.17, 15) is 9.90 Å². The largest absolute Gasteiger partial charge is 0.469 e. The van der Waals surface area contributed by atoms with Gasteiger partial charge in [0.1, 0.15) is 0 Å². The van der Waals surface area contributed by atoms with Crippen molar-refractivity contribution in [3.63, 3.8) is 0 Å². The minimum Gasteiger partial charge on any atom is -0.469 e. The second kappa shape index (κ2) is 5.82. The zero-order chi connectivity index (χ0) is 19.1. The number of ether oxygens (including phenoxy) is 1. The highest BCUT2D eigenvalue weighted by molar-refractivity contribution is 5.75. The van der Waals surface area contributed by atoms with Gasteiger partial charge < -0.3 is 15.2 Å². The van der Waals surface area contributed by atoms with Crippen LogP contribution in [0, 0.1) is 40.4 Å². The molecule has 8 atom stereocenters. The summed E-state index contributed by atoms with van der Waals surface area (Å²) < 4.78 is 5.28. The Kier molecular flexibility index (Phi) is 3.92. The summed E-state index contributed by atoms with van der Waals surface area (Å²) in [7, 11) is 1.55. The number of rotatable bonds is 2. The number of carbonyl (C=O) groups excluding carboxylic acids is 1. The molecule has 0 aromatic carbocycles. The van der Waals surface area contributed by atoms with Crippen LogP contribution in [0.4, 0.5) is 0 Å². The first-order valence-corrected chi connectivity index (χ1v) is 11.1. The van der Waals surface area contributed by atoms with Crippen molar-refractivity contribution in [2.75, 3.05) is 13.7 Å². The molecular formula is C23H35NO3. The molecule has 0 aromatic rings. The van der Waals surface area contributed by atoms with Gasteiger partial charge in [-0.1, -0.05) is 31.9 Å². The molecule has 1 spiro atoms. The van der Waals surface area contributed by atoms with Crippen LogP contribution < -0.4 is 5.32 Å². The molecule has 5 rings (SSSR count). The van der Waals surface area contributed by atoms with Crippen molar-refractivity contribution in [1.82, 2.24) is 5.32 Å². The maximum Gasteiger partial charge on any atom is 0.309 e. The third-order valence-electron chi connectivity index (χ3n) is 9.58. The van der Waals surface area contributed by atoms with Crippen LogP contribution in [0.15, 0.2) is 11.1 Å². The zero-order valence-electron chi connectivity index (χ0n) is 17.3. The Morgan fingerprint density at radius 3 is 2.70 bits per heavy atom. The van der Waals surface area contributed by atoms with E-state index >= 15 is 0 Å². The van der Waals surface area contributed by atoms with Crippen LogP contribution in [-0.2, 0) is 9.53 Å². The lowest BCUT2D eigenvalue weighted by atomic mass is 9.43. The highest BCUT2D eigenvalue weighted by Crippen LogP contribution is 2.74. The Hall–Kier alpha value is -0.870. The molecule has 1 heterocycles. The van der Waals surface area contributed by atoms with Gasteiger partial charge >= 0.3 is 5.97 Å². The fourth-order valence-electron chi connectivity index (χ4n) is 8.61. The number of carbonyl (C=O) groups is 1. The summed E-state index contributed by atoms with van der Waals surface area (Å²) in [5, 5.41) is 15.1. The van der Waals surface area contributed by atoms with E-state index in [1.807, 2.05) is 0 Å². The molecule has 4 aliphatic carbocycles. The van der Waals surface area contributed by atoms with E-state index < -0.39 is 0 Å². The van der Waals surface area contributed by atoms with E-state index in [0.717, 1.165) is 25.8 Å². The Morgan fingerprint density at radius 2 is 2.00 bits per heavy atom. The Labute approximate surface area is 163 Å². The molecule has 4 heteroatoms. The van der Waals surface area contributed by atoms with E-state index in [2.05, 4.69) is 26.1 Å². The molecule has 5 aliphatic rings. The molecule has 27 heavy (non-hydrogen) atoms. The van der Waals surface area contributed by atoms with Crippen LogP contribution >= 0.6 is 0 Å². The third-order valence-corrected chi connectivity index (χ3v) is 9.58. The molecule has 2 saturated carbocycles. The molecule has 4 nitrogen and oxygen atoms in total. The van der Waals surface area contributed by atoms with E-state index in [-0.39, 0.29) is 40.8 Å². The second-order valence-corrected chi connectivity index (χ2v) is 10.6. The number of methoxy groups -OCH3 is 1. The van der Waals surface area contributed by atoms with Gasteiger partial charge in [0.15, 0.2) is 0 Å². The van der Waals surface area contributed by atoms with Crippen molar-refractivity contribution in [2.24, 2.45) is 40.4 Å². The highest BCUT2D eigenvalue weighted by Gasteiger charge is 2.72. The highest BCUT2D eigenvalue weighted by atomic mass is 16.5. The maximum absolute atomic E-state index is 12.8. The van der Waals surface area contributed by atoms with Gasteiger partial charge in [0.2, 0.25) is 0 Å². The van der Waals surface area contributed by atoms with Crippen molar-refractivity contribution in [3.05, 3.63) is 11.1 Å². The van der Waals surface area contributed by atoms with Gasteiger partial charge in [-0.3, -0.25) is 4.79 Å². The first-order valence-electron chi connectivity index (χ1n) is 11.1. The molecule has 2 unspecified atom stereocenters. The Balaban J connectivity index is 1.73. The summed E-state index contributed by atoms with van der Waals surface area (Å²) in [5.74, 6) is 1.63. The summed E-state index contributed by atoms with van der Waals surface area (Å²) in [6.07, 6.45) is 6.26. The SMILES string of the molecule is COC(=O)C1C[C@]23C4=C(CCC41)CC[C@@H]1CN[C@H]2[C@@H](C(C)C)[C@@H](O)C[C@@]13C. The van der Waals surface area contributed by atoms with Crippen LogP contribution in [0.3, 0.4) is 0 Å². The Morgan fingerprint density at radius 1 is 1.26 bits per heavy atom. The molecule has 2 N–H and O–H groups in total. The molecule has 3 fully saturated rings. The molecule has 0 radical (unpaired) electrons. The third kappa shape index (κ3) is 2.04. The molecule has 0 aromatic heterocycles. The van der Waals surface area contributed by atoms with Gasteiger partial charge in [0, 0.05) is 17.4 Å². The molecule has 4 bridgehead atoms. The van der Waals surface area contributed by atoms with Crippen LogP contribution in [0.1, 0.15) is 59.3 Å². The van der Waals surface area contributed by atoms with E-state index in [0.29, 0.717) is 17.8 Å². The molecule has 1 saturated heterocycles. The van der Waals surface area contributed by atoms with Crippen molar-refractivity contribution < 1.29 is 14.6 Å². The average Bonchev–Trinajstić information content (AvgIpc) is 3.15. The number of allylic oxidation sites excluding steroid dienone is 1. The predicted octanol–water partition coefficient (Wildman–Crippen LogP) is 3.30. The second-order valence-electron chi connectivity index (χ2n) is 10.6. The maximum atomic E-state index is 12.8. The minimum atomic E-state index is -0.250.